The first-order valence-corrected chi connectivity index (χ1v) is 11.0. The van der Waals surface area contributed by atoms with Gasteiger partial charge in [-0.15, -0.1) is 0 Å². The molecule has 7 nitrogen and oxygen atoms in total. The van der Waals surface area contributed by atoms with E-state index in [0.717, 1.165) is 43.6 Å². The van der Waals surface area contributed by atoms with Crippen molar-refractivity contribution in [1.29, 1.82) is 0 Å². The van der Waals surface area contributed by atoms with Crippen LogP contribution in [0.3, 0.4) is 0 Å². The third-order valence-corrected chi connectivity index (χ3v) is 6.10. The highest BCUT2D eigenvalue weighted by Gasteiger charge is 2.19. The van der Waals surface area contributed by atoms with Crippen molar-refractivity contribution in [2.45, 2.75) is 13.0 Å². The standard InChI is InChI=1S/C25H24FN5O2/c1-15(16-6-7-23(28-14-16)31-10-8-27-9-11-31)29-25(33)18-13-22-19(12-20(18)26)24(32)17-4-2-3-5-21(17)30-22/h2-7,12-15,27H,8-11H2,1H3,(H,29,33)(H,30,32). The summed E-state index contributed by atoms with van der Waals surface area (Å²) in [6.45, 7) is 5.48. The molecule has 3 heterocycles. The van der Waals surface area contributed by atoms with E-state index in [1.165, 1.54) is 6.07 Å². The number of halogens is 1. The topological polar surface area (TPSA) is 90.1 Å². The monoisotopic (exact) mass is 445 g/mol. The minimum atomic E-state index is -0.736. The van der Waals surface area contributed by atoms with Crippen molar-refractivity contribution in [3.05, 3.63) is 81.9 Å². The van der Waals surface area contributed by atoms with E-state index in [-0.39, 0.29) is 22.4 Å². The van der Waals surface area contributed by atoms with Gasteiger partial charge in [0.05, 0.1) is 17.1 Å². The first kappa shape index (κ1) is 21.1. The lowest BCUT2D eigenvalue weighted by atomic mass is 10.1. The summed E-state index contributed by atoms with van der Waals surface area (Å²) in [4.78, 5) is 35.5. The number of piperazine rings is 1. The van der Waals surface area contributed by atoms with Gasteiger partial charge in [-0.1, -0.05) is 18.2 Å². The minimum Gasteiger partial charge on any atom is -0.354 e. The molecule has 5 rings (SSSR count). The van der Waals surface area contributed by atoms with Gasteiger partial charge >= 0.3 is 0 Å². The number of para-hydroxylation sites is 1. The second kappa shape index (κ2) is 8.63. The molecule has 1 unspecified atom stereocenters. The molecule has 4 aromatic rings. The number of amides is 1. The molecule has 1 saturated heterocycles. The SMILES string of the molecule is CC(NC(=O)c1cc2[nH]c3ccccc3c(=O)c2cc1F)c1ccc(N2CCNCC2)nc1. The molecular formula is C25H24FN5O2. The number of carbonyl (C=O) groups is 1. The van der Waals surface area contributed by atoms with Crippen molar-refractivity contribution >= 4 is 33.5 Å². The van der Waals surface area contributed by atoms with E-state index in [1.807, 2.05) is 25.1 Å². The molecule has 0 spiro atoms. The zero-order chi connectivity index (χ0) is 22.9. The summed E-state index contributed by atoms with van der Waals surface area (Å²) in [5, 5.41) is 6.84. The molecule has 1 atom stereocenters. The zero-order valence-corrected chi connectivity index (χ0v) is 18.2. The predicted octanol–water partition coefficient (Wildman–Crippen LogP) is 3.12. The molecule has 2 aromatic carbocycles. The van der Waals surface area contributed by atoms with Crippen molar-refractivity contribution in [3.63, 3.8) is 0 Å². The van der Waals surface area contributed by atoms with E-state index in [9.17, 15) is 14.0 Å². The molecule has 0 radical (unpaired) electrons. The highest BCUT2D eigenvalue weighted by Crippen LogP contribution is 2.21. The van der Waals surface area contributed by atoms with Crippen LogP contribution in [0.25, 0.3) is 21.8 Å². The van der Waals surface area contributed by atoms with Crippen molar-refractivity contribution in [2.75, 3.05) is 31.1 Å². The van der Waals surface area contributed by atoms with Crippen LogP contribution in [0.1, 0.15) is 28.9 Å². The van der Waals surface area contributed by atoms with Gasteiger partial charge < -0.3 is 20.5 Å². The molecular weight excluding hydrogens is 421 g/mol. The van der Waals surface area contributed by atoms with Gasteiger partial charge in [0.2, 0.25) is 0 Å². The summed E-state index contributed by atoms with van der Waals surface area (Å²) >= 11 is 0. The molecule has 1 aliphatic heterocycles. The Morgan fingerprint density at radius 2 is 1.88 bits per heavy atom. The molecule has 3 N–H and O–H groups in total. The van der Waals surface area contributed by atoms with Crippen LogP contribution in [0.2, 0.25) is 0 Å². The molecule has 33 heavy (non-hydrogen) atoms. The van der Waals surface area contributed by atoms with Crippen LogP contribution in [0.15, 0.2) is 59.5 Å². The van der Waals surface area contributed by atoms with Crippen LogP contribution in [-0.4, -0.2) is 42.1 Å². The number of nitrogens with zero attached hydrogens (tertiary/aromatic N) is 2. The van der Waals surface area contributed by atoms with Crippen LogP contribution < -0.4 is 21.0 Å². The largest absolute Gasteiger partial charge is 0.354 e. The fourth-order valence-electron chi connectivity index (χ4n) is 4.21. The first-order valence-electron chi connectivity index (χ1n) is 11.0. The Bertz CT molecular complexity index is 1390. The second-order valence-electron chi connectivity index (χ2n) is 8.26. The number of pyridine rings is 2. The van der Waals surface area contributed by atoms with Crippen LogP contribution in [-0.2, 0) is 0 Å². The molecule has 1 fully saturated rings. The molecule has 168 valence electrons. The summed E-state index contributed by atoms with van der Waals surface area (Å²) in [6, 6.07) is 13.1. The zero-order valence-electron chi connectivity index (χ0n) is 18.2. The Labute approximate surface area is 189 Å². The number of anilines is 1. The summed E-state index contributed by atoms with van der Waals surface area (Å²) in [7, 11) is 0. The van der Waals surface area contributed by atoms with Crippen LogP contribution in [0, 0.1) is 5.82 Å². The second-order valence-corrected chi connectivity index (χ2v) is 8.26. The van der Waals surface area contributed by atoms with Gasteiger partial charge in [-0.05, 0) is 42.8 Å². The third kappa shape index (κ3) is 4.05. The molecule has 8 heteroatoms. The van der Waals surface area contributed by atoms with Gasteiger partial charge in [0, 0.05) is 48.7 Å². The predicted molar refractivity (Wildman–Crippen MR) is 127 cm³/mol. The number of nitrogens with one attached hydrogen (secondary N) is 3. The minimum absolute atomic E-state index is 0.120. The number of carbonyl (C=O) groups excluding carboxylic acids is 1. The van der Waals surface area contributed by atoms with Crippen LogP contribution in [0.4, 0.5) is 10.2 Å². The van der Waals surface area contributed by atoms with Crippen molar-refractivity contribution in [3.8, 4) is 0 Å². The fraction of sp³-hybridized carbons (Fsp3) is 0.240. The van der Waals surface area contributed by atoms with Gasteiger partial charge in [0.1, 0.15) is 11.6 Å². The number of H-pyrrole nitrogens is 1. The number of fused-ring (bicyclic) bond motifs is 2. The lowest BCUT2D eigenvalue weighted by Gasteiger charge is -2.28. The van der Waals surface area contributed by atoms with E-state index < -0.39 is 11.7 Å². The van der Waals surface area contributed by atoms with Gasteiger partial charge in [-0.2, -0.15) is 0 Å². The van der Waals surface area contributed by atoms with E-state index >= 15 is 0 Å². The first-order chi connectivity index (χ1) is 16.0. The molecule has 1 aliphatic rings. The van der Waals surface area contributed by atoms with E-state index in [4.69, 9.17) is 0 Å². The number of benzene rings is 2. The van der Waals surface area contributed by atoms with Gasteiger partial charge in [0.25, 0.3) is 5.91 Å². The average molecular weight is 445 g/mol. The Morgan fingerprint density at radius 3 is 2.64 bits per heavy atom. The summed E-state index contributed by atoms with van der Waals surface area (Å²) in [6.07, 6.45) is 1.74. The number of aromatic nitrogens is 2. The maximum Gasteiger partial charge on any atom is 0.254 e. The van der Waals surface area contributed by atoms with Crippen LogP contribution in [0.5, 0.6) is 0 Å². The highest BCUT2D eigenvalue weighted by atomic mass is 19.1. The van der Waals surface area contributed by atoms with Crippen LogP contribution >= 0.6 is 0 Å². The van der Waals surface area contributed by atoms with Crippen molar-refractivity contribution in [2.24, 2.45) is 0 Å². The molecule has 0 bridgehead atoms. The molecule has 0 aliphatic carbocycles. The molecule has 2 aromatic heterocycles. The van der Waals surface area contributed by atoms with E-state index in [1.54, 1.807) is 24.4 Å². The lowest BCUT2D eigenvalue weighted by molar-refractivity contribution is 0.0936. The van der Waals surface area contributed by atoms with E-state index in [2.05, 4.69) is 25.5 Å². The lowest BCUT2D eigenvalue weighted by Crippen LogP contribution is -2.43. The quantitative estimate of drug-likeness (QED) is 0.420. The number of aromatic amines is 1. The highest BCUT2D eigenvalue weighted by molar-refractivity contribution is 6.00. The number of rotatable bonds is 4. The Balaban J connectivity index is 1.38. The average Bonchev–Trinajstić information content (AvgIpc) is 2.85. The van der Waals surface area contributed by atoms with Gasteiger partial charge in [0.15, 0.2) is 5.43 Å². The normalized spacial score (nSPS) is 15.0. The fourth-order valence-corrected chi connectivity index (χ4v) is 4.21. The maximum absolute atomic E-state index is 14.8. The molecule has 1 amide bonds. The summed E-state index contributed by atoms with van der Waals surface area (Å²) in [5.74, 6) is -0.391. The Kier molecular flexibility index (Phi) is 5.51. The van der Waals surface area contributed by atoms with E-state index in [0.29, 0.717) is 16.4 Å². The number of hydrogen-bond acceptors (Lipinski definition) is 5. The third-order valence-electron chi connectivity index (χ3n) is 6.10. The Hall–Kier alpha value is -3.78. The van der Waals surface area contributed by atoms with Crippen molar-refractivity contribution in [1.82, 2.24) is 20.6 Å². The van der Waals surface area contributed by atoms with Gasteiger partial charge in [-0.25, -0.2) is 9.37 Å². The summed E-state index contributed by atoms with van der Waals surface area (Å²) < 4.78 is 14.8. The Morgan fingerprint density at radius 1 is 1.09 bits per heavy atom. The van der Waals surface area contributed by atoms with Crippen molar-refractivity contribution < 1.29 is 9.18 Å². The maximum atomic E-state index is 14.8. The molecule has 0 saturated carbocycles. The number of hydrogen-bond donors (Lipinski definition) is 3. The van der Waals surface area contributed by atoms with Gasteiger partial charge in [-0.3, -0.25) is 9.59 Å². The smallest absolute Gasteiger partial charge is 0.254 e. The summed E-state index contributed by atoms with van der Waals surface area (Å²) in [5.41, 5.74) is 1.49.